The minimum absolute atomic E-state index is 0.448. The predicted molar refractivity (Wildman–Crippen MR) is 102 cm³/mol. The largest absolute Gasteiger partial charge is 0.485 e. The molecule has 3 heteroatoms. The number of para-hydroxylation sites is 1. The van der Waals surface area contributed by atoms with E-state index in [0.717, 1.165) is 22.4 Å². The van der Waals surface area contributed by atoms with Crippen LogP contribution in [0.3, 0.4) is 0 Å². The molecule has 3 aromatic carbocycles. The fraction of sp³-hybridized carbons (Fsp3) is 0.174. The molecule has 0 aliphatic rings. The molecule has 0 radical (unpaired) electrons. The third kappa shape index (κ3) is 4.87. The molecule has 3 nitrogen and oxygen atoms in total. The number of nitrogens with zero attached hydrogens (tertiary/aromatic N) is 1. The summed E-state index contributed by atoms with van der Waals surface area (Å²) in [6.45, 7) is 0.941. The van der Waals surface area contributed by atoms with Gasteiger partial charge in [-0.1, -0.05) is 72.8 Å². The van der Waals surface area contributed by atoms with Crippen LogP contribution >= 0.6 is 0 Å². The third-order valence-electron chi connectivity index (χ3n) is 4.03. The van der Waals surface area contributed by atoms with Crippen molar-refractivity contribution < 1.29 is 9.47 Å². The summed E-state index contributed by atoms with van der Waals surface area (Å²) in [5.74, 6) is 1.43. The molecular formula is C23H21NO2. The van der Waals surface area contributed by atoms with Crippen LogP contribution in [-0.4, -0.2) is 0 Å². The molecule has 0 spiro atoms. The molecule has 0 heterocycles. The standard InChI is InChI=1S/C23H21NO2/c24-16-8-14-21-13-7-15-22(25-17-19-9-3-1-4-10-19)23(21)26-18-20-11-5-2-6-12-20/h1-7,9-13,15H,8,14,17-18H2. The molecule has 0 aliphatic carbocycles. The van der Waals surface area contributed by atoms with Crippen molar-refractivity contribution >= 4 is 0 Å². The summed E-state index contributed by atoms with van der Waals surface area (Å²) in [4.78, 5) is 0. The van der Waals surface area contributed by atoms with Crippen molar-refractivity contribution in [1.29, 1.82) is 5.26 Å². The van der Waals surface area contributed by atoms with Crippen molar-refractivity contribution in [2.45, 2.75) is 26.1 Å². The quantitative estimate of drug-likeness (QED) is 0.557. The maximum absolute atomic E-state index is 8.93. The maximum atomic E-state index is 8.93. The minimum atomic E-state index is 0.448. The van der Waals surface area contributed by atoms with E-state index in [1.807, 2.05) is 78.9 Å². The van der Waals surface area contributed by atoms with E-state index in [9.17, 15) is 0 Å². The summed E-state index contributed by atoms with van der Waals surface area (Å²) in [7, 11) is 0. The molecule has 0 bridgehead atoms. The highest BCUT2D eigenvalue weighted by atomic mass is 16.5. The monoisotopic (exact) mass is 343 g/mol. The van der Waals surface area contributed by atoms with Crippen LogP contribution < -0.4 is 9.47 Å². The van der Waals surface area contributed by atoms with Gasteiger partial charge in [0.15, 0.2) is 11.5 Å². The zero-order valence-electron chi connectivity index (χ0n) is 14.6. The maximum Gasteiger partial charge on any atom is 0.164 e. The molecule has 3 aromatic rings. The molecule has 0 atom stereocenters. The van der Waals surface area contributed by atoms with Gasteiger partial charge in [0, 0.05) is 6.42 Å². The lowest BCUT2D eigenvalue weighted by Crippen LogP contribution is -2.03. The first kappa shape index (κ1) is 17.6. The highest BCUT2D eigenvalue weighted by molar-refractivity contribution is 5.47. The van der Waals surface area contributed by atoms with E-state index >= 15 is 0 Å². The molecular weight excluding hydrogens is 322 g/mol. The fourth-order valence-corrected chi connectivity index (χ4v) is 2.69. The second-order valence-electron chi connectivity index (χ2n) is 5.95. The van der Waals surface area contributed by atoms with Crippen LogP contribution in [0, 0.1) is 11.3 Å². The zero-order valence-corrected chi connectivity index (χ0v) is 14.6. The second-order valence-corrected chi connectivity index (χ2v) is 5.95. The van der Waals surface area contributed by atoms with Crippen LogP contribution in [0.15, 0.2) is 78.9 Å². The van der Waals surface area contributed by atoms with Gasteiger partial charge in [0.25, 0.3) is 0 Å². The van der Waals surface area contributed by atoms with Crippen LogP contribution in [0.4, 0.5) is 0 Å². The van der Waals surface area contributed by atoms with E-state index in [2.05, 4.69) is 6.07 Å². The first-order valence-corrected chi connectivity index (χ1v) is 8.69. The Morgan fingerprint density at radius 3 is 1.92 bits per heavy atom. The highest BCUT2D eigenvalue weighted by Gasteiger charge is 2.12. The van der Waals surface area contributed by atoms with Crippen molar-refractivity contribution in [3.05, 3.63) is 95.6 Å². The lowest BCUT2D eigenvalue weighted by atomic mass is 10.1. The van der Waals surface area contributed by atoms with Gasteiger partial charge in [0.2, 0.25) is 0 Å². The van der Waals surface area contributed by atoms with Gasteiger partial charge in [-0.3, -0.25) is 0 Å². The van der Waals surface area contributed by atoms with Crippen LogP contribution in [-0.2, 0) is 19.6 Å². The summed E-state index contributed by atoms with van der Waals surface area (Å²) in [5, 5.41) is 8.93. The van der Waals surface area contributed by atoms with E-state index in [0.29, 0.717) is 31.8 Å². The highest BCUT2D eigenvalue weighted by Crippen LogP contribution is 2.33. The first-order chi connectivity index (χ1) is 12.9. The van der Waals surface area contributed by atoms with Crippen LogP contribution in [0.1, 0.15) is 23.1 Å². The zero-order chi connectivity index (χ0) is 18.0. The summed E-state index contributed by atoms with van der Waals surface area (Å²) >= 11 is 0. The molecule has 3 rings (SSSR count). The fourth-order valence-electron chi connectivity index (χ4n) is 2.69. The van der Waals surface area contributed by atoms with Gasteiger partial charge in [-0.15, -0.1) is 0 Å². The van der Waals surface area contributed by atoms with Crippen LogP contribution in [0.25, 0.3) is 0 Å². The van der Waals surface area contributed by atoms with Crippen LogP contribution in [0.5, 0.6) is 11.5 Å². The molecule has 0 unspecified atom stereocenters. The van der Waals surface area contributed by atoms with E-state index in [1.165, 1.54) is 0 Å². The van der Waals surface area contributed by atoms with Gasteiger partial charge in [-0.25, -0.2) is 0 Å². The lowest BCUT2D eigenvalue weighted by molar-refractivity contribution is 0.254. The van der Waals surface area contributed by atoms with Gasteiger partial charge >= 0.3 is 0 Å². The Morgan fingerprint density at radius 1 is 0.692 bits per heavy atom. The summed E-state index contributed by atoms with van der Waals surface area (Å²) < 4.78 is 12.1. The Kier molecular flexibility index (Phi) is 6.28. The van der Waals surface area contributed by atoms with E-state index in [-0.39, 0.29) is 0 Å². The number of aryl methyl sites for hydroxylation is 1. The number of hydrogen-bond acceptors (Lipinski definition) is 3. The average molecular weight is 343 g/mol. The van der Waals surface area contributed by atoms with Crippen molar-refractivity contribution in [3.8, 4) is 17.6 Å². The third-order valence-corrected chi connectivity index (χ3v) is 4.03. The Morgan fingerprint density at radius 2 is 1.31 bits per heavy atom. The molecule has 26 heavy (non-hydrogen) atoms. The molecule has 130 valence electrons. The molecule has 0 aromatic heterocycles. The summed E-state index contributed by atoms with van der Waals surface area (Å²) in [6.07, 6.45) is 1.09. The molecule has 0 fully saturated rings. The van der Waals surface area contributed by atoms with Crippen molar-refractivity contribution in [3.63, 3.8) is 0 Å². The van der Waals surface area contributed by atoms with Crippen molar-refractivity contribution in [2.24, 2.45) is 0 Å². The first-order valence-electron chi connectivity index (χ1n) is 8.69. The van der Waals surface area contributed by atoms with Gasteiger partial charge in [0.05, 0.1) is 6.07 Å². The van der Waals surface area contributed by atoms with Gasteiger partial charge in [-0.05, 0) is 29.2 Å². The topological polar surface area (TPSA) is 42.2 Å². The molecule has 0 amide bonds. The lowest BCUT2D eigenvalue weighted by Gasteiger charge is -2.16. The summed E-state index contributed by atoms with van der Waals surface area (Å²) in [6, 6.07) is 28.1. The predicted octanol–water partition coefficient (Wildman–Crippen LogP) is 5.30. The molecule has 0 saturated carbocycles. The number of benzene rings is 3. The normalized spacial score (nSPS) is 10.1. The van der Waals surface area contributed by atoms with E-state index < -0.39 is 0 Å². The van der Waals surface area contributed by atoms with E-state index in [4.69, 9.17) is 14.7 Å². The molecule has 0 aliphatic heterocycles. The number of hydrogen-bond donors (Lipinski definition) is 0. The molecule has 0 N–H and O–H groups in total. The van der Waals surface area contributed by atoms with Crippen LogP contribution in [0.2, 0.25) is 0 Å². The Bertz CT molecular complexity index is 854. The van der Waals surface area contributed by atoms with Gasteiger partial charge in [0.1, 0.15) is 13.2 Å². The van der Waals surface area contributed by atoms with Crippen molar-refractivity contribution in [1.82, 2.24) is 0 Å². The minimum Gasteiger partial charge on any atom is -0.485 e. The number of ether oxygens (including phenoxy) is 2. The Labute approximate surface area is 154 Å². The number of nitriles is 1. The Balaban J connectivity index is 1.79. The van der Waals surface area contributed by atoms with Crippen molar-refractivity contribution in [2.75, 3.05) is 0 Å². The smallest absolute Gasteiger partial charge is 0.164 e. The molecule has 0 saturated heterocycles. The van der Waals surface area contributed by atoms with Gasteiger partial charge < -0.3 is 9.47 Å². The second kappa shape index (κ2) is 9.29. The Hall–Kier alpha value is -3.25. The number of rotatable bonds is 8. The SMILES string of the molecule is N#CCCc1cccc(OCc2ccccc2)c1OCc1ccccc1. The average Bonchev–Trinajstić information content (AvgIpc) is 2.71. The summed E-state index contributed by atoms with van der Waals surface area (Å²) in [5.41, 5.74) is 3.19. The van der Waals surface area contributed by atoms with Gasteiger partial charge in [-0.2, -0.15) is 5.26 Å². The van der Waals surface area contributed by atoms with E-state index in [1.54, 1.807) is 0 Å².